The Morgan fingerprint density at radius 2 is 2.33 bits per heavy atom. The Kier molecular flexibility index (Phi) is 4.69. The maximum atomic E-state index is 12.5. The van der Waals surface area contributed by atoms with Gasteiger partial charge in [0, 0.05) is 11.6 Å². The number of halogens is 1. The number of primary amides is 1. The molecule has 0 saturated heterocycles. The van der Waals surface area contributed by atoms with E-state index in [4.69, 9.17) is 17.3 Å². The van der Waals surface area contributed by atoms with E-state index < -0.39 is 11.2 Å². The third-order valence-electron chi connectivity index (χ3n) is 2.88. The third kappa shape index (κ3) is 3.28. The van der Waals surface area contributed by atoms with Gasteiger partial charge in [0.2, 0.25) is 5.91 Å². The van der Waals surface area contributed by atoms with E-state index in [1.54, 1.807) is 31.2 Å². The fourth-order valence-corrected chi connectivity index (χ4v) is 2.81. The number of carbonyl (C=O) groups is 1. The summed E-state index contributed by atoms with van der Waals surface area (Å²) in [5.41, 5.74) is 5.58. The summed E-state index contributed by atoms with van der Waals surface area (Å²) in [6.45, 7) is 5.60. The van der Waals surface area contributed by atoms with E-state index in [9.17, 15) is 9.59 Å². The van der Waals surface area contributed by atoms with E-state index in [-0.39, 0.29) is 5.56 Å². The lowest BCUT2D eigenvalue weighted by atomic mass is 10.2. The van der Waals surface area contributed by atoms with Gasteiger partial charge < -0.3 is 5.73 Å². The highest BCUT2D eigenvalue weighted by Crippen LogP contribution is 2.23. The lowest BCUT2D eigenvalue weighted by Gasteiger charge is -2.13. The molecule has 2 aromatic rings. The van der Waals surface area contributed by atoms with Gasteiger partial charge in [-0.2, -0.15) is 0 Å². The number of fused-ring (bicyclic) bond motifs is 1. The van der Waals surface area contributed by atoms with Gasteiger partial charge in [0.1, 0.15) is 0 Å². The molecule has 5 nitrogen and oxygen atoms in total. The number of nitrogens with two attached hydrogens (primary N) is 1. The molecule has 0 bridgehead atoms. The molecule has 2 N–H and O–H groups in total. The van der Waals surface area contributed by atoms with E-state index >= 15 is 0 Å². The summed E-state index contributed by atoms with van der Waals surface area (Å²) in [4.78, 5) is 28.2. The number of rotatable bonds is 5. The Morgan fingerprint density at radius 1 is 1.62 bits per heavy atom. The van der Waals surface area contributed by atoms with Gasteiger partial charge in [-0.15, -0.1) is 6.58 Å². The highest BCUT2D eigenvalue weighted by atomic mass is 35.5. The van der Waals surface area contributed by atoms with Gasteiger partial charge in [0.15, 0.2) is 5.16 Å². The Bertz CT molecular complexity index is 773. The van der Waals surface area contributed by atoms with Gasteiger partial charge in [-0.05, 0) is 25.1 Å². The monoisotopic (exact) mass is 323 g/mol. The van der Waals surface area contributed by atoms with Crippen LogP contribution in [-0.2, 0) is 11.3 Å². The molecule has 0 unspecified atom stereocenters. The number of carbonyl (C=O) groups excluding carboxylic acids is 1. The molecule has 0 saturated carbocycles. The van der Waals surface area contributed by atoms with Gasteiger partial charge in [-0.3, -0.25) is 14.2 Å². The summed E-state index contributed by atoms with van der Waals surface area (Å²) in [5.74, 6) is -0.462. The summed E-state index contributed by atoms with van der Waals surface area (Å²) in [6, 6.07) is 4.92. The van der Waals surface area contributed by atoms with Crippen LogP contribution in [0.25, 0.3) is 10.9 Å². The fraction of sp³-hybridized carbons (Fsp3) is 0.214. The summed E-state index contributed by atoms with van der Waals surface area (Å²) in [6.07, 6.45) is 1.60. The van der Waals surface area contributed by atoms with E-state index in [1.807, 2.05) is 0 Å². The number of hydrogen-bond donors (Lipinski definition) is 1. The van der Waals surface area contributed by atoms with E-state index in [0.717, 1.165) is 11.8 Å². The zero-order valence-corrected chi connectivity index (χ0v) is 12.9. The van der Waals surface area contributed by atoms with Crippen LogP contribution in [-0.4, -0.2) is 20.7 Å². The molecule has 0 aliphatic carbocycles. The minimum atomic E-state index is -0.488. The first-order valence-corrected chi connectivity index (χ1v) is 7.46. The first-order chi connectivity index (χ1) is 9.93. The quantitative estimate of drug-likeness (QED) is 0.520. The van der Waals surface area contributed by atoms with E-state index in [1.165, 1.54) is 4.57 Å². The van der Waals surface area contributed by atoms with Crippen LogP contribution in [0.3, 0.4) is 0 Å². The predicted molar refractivity (Wildman–Crippen MR) is 85.7 cm³/mol. The van der Waals surface area contributed by atoms with Crippen molar-refractivity contribution in [2.45, 2.75) is 23.9 Å². The maximum Gasteiger partial charge on any atom is 0.262 e. The highest BCUT2D eigenvalue weighted by Gasteiger charge is 2.17. The number of allylic oxidation sites excluding steroid dienone is 1. The van der Waals surface area contributed by atoms with Crippen LogP contribution in [0.5, 0.6) is 0 Å². The molecule has 0 aliphatic heterocycles. The number of nitrogens with zero attached hydrogens (tertiary/aromatic N) is 2. The topological polar surface area (TPSA) is 78.0 Å². The normalized spacial score (nSPS) is 12.3. The second-order valence-corrected chi connectivity index (χ2v) is 6.17. The fourth-order valence-electron chi connectivity index (χ4n) is 1.77. The van der Waals surface area contributed by atoms with Crippen LogP contribution in [0.15, 0.2) is 40.8 Å². The molecule has 1 aromatic heterocycles. The summed E-state index contributed by atoms with van der Waals surface area (Å²) in [5, 5.41) is 0.844. The maximum absolute atomic E-state index is 12.5. The second-order valence-electron chi connectivity index (χ2n) is 4.42. The van der Waals surface area contributed by atoms with E-state index in [0.29, 0.717) is 27.6 Å². The third-order valence-corrected chi connectivity index (χ3v) is 4.22. The Hall–Kier alpha value is -1.79. The van der Waals surface area contributed by atoms with Crippen LogP contribution in [0.2, 0.25) is 5.02 Å². The number of thioether (sulfide) groups is 1. The molecular formula is C14H14ClN3O2S. The zero-order chi connectivity index (χ0) is 15.6. The second kappa shape index (κ2) is 6.32. The van der Waals surface area contributed by atoms with Crippen molar-refractivity contribution in [2.24, 2.45) is 5.73 Å². The highest BCUT2D eigenvalue weighted by molar-refractivity contribution is 8.00. The Labute approximate surface area is 130 Å². The number of aromatic nitrogens is 2. The van der Waals surface area contributed by atoms with Crippen molar-refractivity contribution in [1.29, 1.82) is 0 Å². The van der Waals surface area contributed by atoms with Gasteiger partial charge >= 0.3 is 0 Å². The average Bonchev–Trinajstić information content (AvgIpc) is 2.43. The molecular weight excluding hydrogens is 310 g/mol. The van der Waals surface area contributed by atoms with Crippen LogP contribution < -0.4 is 11.3 Å². The standard InChI is InChI=1S/C14H14ClN3O2S/c1-3-6-18-13(20)10-7-9(15)4-5-11(10)17-14(18)21-8(2)12(16)19/h3-5,7-8H,1,6H2,2H3,(H2,16,19)/t8-/m0/s1. The van der Waals surface area contributed by atoms with Crippen molar-refractivity contribution >= 4 is 40.2 Å². The Balaban J connectivity index is 2.65. The predicted octanol–water partition coefficient (Wildman–Crippen LogP) is 2.20. The molecule has 21 heavy (non-hydrogen) atoms. The Morgan fingerprint density at radius 3 is 2.95 bits per heavy atom. The molecule has 0 spiro atoms. The van der Waals surface area contributed by atoms with Crippen LogP contribution in [0.4, 0.5) is 0 Å². The molecule has 0 radical (unpaired) electrons. The van der Waals surface area contributed by atoms with Gasteiger partial charge in [0.25, 0.3) is 5.56 Å². The SMILES string of the molecule is C=CCn1c(S[C@@H](C)C(N)=O)nc2ccc(Cl)cc2c1=O. The molecule has 110 valence electrons. The van der Waals surface area contributed by atoms with Crippen LogP contribution >= 0.6 is 23.4 Å². The van der Waals surface area contributed by atoms with Crippen molar-refractivity contribution in [3.05, 3.63) is 46.2 Å². The molecule has 1 heterocycles. The van der Waals surface area contributed by atoms with Gasteiger partial charge in [-0.1, -0.05) is 29.4 Å². The lowest BCUT2D eigenvalue weighted by Crippen LogP contribution is -2.27. The van der Waals surface area contributed by atoms with Gasteiger partial charge in [0.05, 0.1) is 16.2 Å². The molecule has 1 aromatic carbocycles. The summed E-state index contributed by atoms with van der Waals surface area (Å²) >= 11 is 7.07. The molecule has 2 rings (SSSR count). The average molecular weight is 324 g/mol. The molecule has 1 amide bonds. The smallest absolute Gasteiger partial charge is 0.262 e. The van der Waals surface area contributed by atoms with Crippen molar-refractivity contribution < 1.29 is 4.79 Å². The zero-order valence-electron chi connectivity index (χ0n) is 11.4. The minimum Gasteiger partial charge on any atom is -0.369 e. The largest absolute Gasteiger partial charge is 0.369 e. The van der Waals surface area contributed by atoms with E-state index in [2.05, 4.69) is 11.6 Å². The number of hydrogen-bond acceptors (Lipinski definition) is 4. The minimum absolute atomic E-state index is 0.221. The number of benzene rings is 1. The van der Waals surface area contributed by atoms with Gasteiger partial charge in [-0.25, -0.2) is 4.98 Å². The van der Waals surface area contributed by atoms with Crippen LogP contribution in [0, 0.1) is 0 Å². The first-order valence-electron chi connectivity index (χ1n) is 6.21. The van der Waals surface area contributed by atoms with Crippen molar-refractivity contribution in [3.63, 3.8) is 0 Å². The lowest BCUT2D eigenvalue weighted by molar-refractivity contribution is -0.117. The summed E-state index contributed by atoms with van der Waals surface area (Å²) < 4.78 is 1.45. The molecule has 0 fully saturated rings. The molecule has 1 atom stereocenters. The van der Waals surface area contributed by atoms with Crippen molar-refractivity contribution in [3.8, 4) is 0 Å². The van der Waals surface area contributed by atoms with Crippen molar-refractivity contribution in [1.82, 2.24) is 9.55 Å². The van der Waals surface area contributed by atoms with Crippen molar-refractivity contribution in [2.75, 3.05) is 0 Å². The number of amides is 1. The molecule has 7 heteroatoms. The van der Waals surface area contributed by atoms with Crippen LogP contribution in [0.1, 0.15) is 6.92 Å². The molecule has 0 aliphatic rings. The first kappa shape index (κ1) is 15.6. The summed E-state index contributed by atoms with van der Waals surface area (Å²) in [7, 11) is 0.